The Hall–Kier alpha value is -2.84. The number of rotatable bonds is 9. The maximum atomic E-state index is 13.1. The van der Waals surface area contributed by atoms with Gasteiger partial charge >= 0.3 is 6.18 Å². The van der Waals surface area contributed by atoms with E-state index in [4.69, 9.17) is 5.73 Å². The Morgan fingerprint density at radius 1 is 1.19 bits per heavy atom. The van der Waals surface area contributed by atoms with E-state index in [2.05, 4.69) is 12.0 Å². The number of halogens is 3. The molecule has 1 atom stereocenters. The molecule has 1 heterocycles. The highest BCUT2D eigenvalue weighted by Gasteiger charge is 2.31. The van der Waals surface area contributed by atoms with Crippen LogP contribution in [0.5, 0.6) is 0 Å². The zero-order valence-electron chi connectivity index (χ0n) is 18.3. The van der Waals surface area contributed by atoms with Crippen LogP contribution in [0.4, 0.5) is 13.2 Å². The number of carbonyl (C=O) groups is 2. The number of amides is 2. The van der Waals surface area contributed by atoms with Crippen LogP contribution in [-0.2, 0) is 29.0 Å². The van der Waals surface area contributed by atoms with Gasteiger partial charge in [-0.05, 0) is 38.3 Å². The molecule has 31 heavy (non-hydrogen) atoms. The first-order valence-electron chi connectivity index (χ1n) is 10.2. The van der Waals surface area contributed by atoms with Gasteiger partial charge in [-0.15, -0.1) is 0 Å². The standard InChI is InChI=1S/C22H29F3N4O2/c1-5-6-17-7-9-18(10-8-17)15(3)28(12-20(26)30)21(31)11-19-14(2)27-29(16(19)4)13-22(23,24)25/h7-10,15H,5-6,11-13H2,1-4H3,(H2,26,30). The third kappa shape index (κ3) is 6.57. The quantitative estimate of drug-likeness (QED) is 0.649. The van der Waals surface area contributed by atoms with Gasteiger partial charge in [-0.25, -0.2) is 0 Å². The lowest BCUT2D eigenvalue weighted by atomic mass is 10.0. The van der Waals surface area contributed by atoms with Crippen molar-refractivity contribution in [3.05, 3.63) is 52.3 Å². The molecule has 0 fully saturated rings. The fraction of sp³-hybridized carbons (Fsp3) is 0.500. The van der Waals surface area contributed by atoms with Crippen LogP contribution in [0.2, 0.25) is 0 Å². The van der Waals surface area contributed by atoms with Crippen molar-refractivity contribution in [2.45, 2.75) is 65.7 Å². The van der Waals surface area contributed by atoms with Crippen LogP contribution in [0.15, 0.2) is 24.3 Å². The van der Waals surface area contributed by atoms with Gasteiger partial charge < -0.3 is 10.6 Å². The number of hydrogen-bond donors (Lipinski definition) is 1. The first-order valence-corrected chi connectivity index (χ1v) is 10.2. The molecule has 170 valence electrons. The molecule has 1 aromatic carbocycles. The van der Waals surface area contributed by atoms with E-state index < -0.39 is 30.6 Å². The smallest absolute Gasteiger partial charge is 0.368 e. The largest absolute Gasteiger partial charge is 0.408 e. The Morgan fingerprint density at radius 2 is 1.81 bits per heavy atom. The van der Waals surface area contributed by atoms with E-state index in [-0.39, 0.29) is 18.7 Å². The van der Waals surface area contributed by atoms with Crippen molar-refractivity contribution in [3.63, 3.8) is 0 Å². The lowest BCUT2D eigenvalue weighted by molar-refractivity contribution is -0.143. The van der Waals surface area contributed by atoms with Crippen LogP contribution in [0.1, 0.15) is 54.4 Å². The average Bonchev–Trinajstić information content (AvgIpc) is 2.92. The van der Waals surface area contributed by atoms with Crippen molar-refractivity contribution >= 4 is 11.8 Å². The van der Waals surface area contributed by atoms with E-state index in [1.54, 1.807) is 13.8 Å². The van der Waals surface area contributed by atoms with Gasteiger partial charge in [-0.3, -0.25) is 14.3 Å². The summed E-state index contributed by atoms with van der Waals surface area (Å²) in [5, 5.41) is 3.93. The van der Waals surface area contributed by atoms with Crippen molar-refractivity contribution < 1.29 is 22.8 Å². The molecule has 1 unspecified atom stereocenters. The Kier molecular flexibility index (Phi) is 7.86. The number of nitrogens with zero attached hydrogens (tertiary/aromatic N) is 3. The second-order valence-electron chi connectivity index (χ2n) is 7.75. The molecule has 2 rings (SSSR count). The lowest BCUT2D eigenvalue weighted by Crippen LogP contribution is -2.41. The first-order chi connectivity index (χ1) is 14.4. The van der Waals surface area contributed by atoms with E-state index >= 15 is 0 Å². The molecule has 0 saturated heterocycles. The summed E-state index contributed by atoms with van der Waals surface area (Å²) in [6.07, 6.45) is -2.62. The third-order valence-electron chi connectivity index (χ3n) is 5.30. The minimum absolute atomic E-state index is 0.166. The molecule has 0 aliphatic carbocycles. The minimum atomic E-state index is -4.42. The van der Waals surface area contributed by atoms with Crippen LogP contribution in [0, 0.1) is 13.8 Å². The van der Waals surface area contributed by atoms with Crippen LogP contribution in [0.3, 0.4) is 0 Å². The molecule has 1 aromatic heterocycles. The Morgan fingerprint density at radius 3 is 2.32 bits per heavy atom. The maximum absolute atomic E-state index is 13.1. The topological polar surface area (TPSA) is 81.2 Å². The highest BCUT2D eigenvalue weighted by Crippen LogP contribution is 2.25. The highest BCUT2D eigenvalue weighted by molar-refractivity contribution is 5.85. The van der Waals surface area contributed by atoms with Gasteiger partial charge in [0, 0.05) is 11.3 Å². The van der Waals surface area contributed by atoms with E-state index in [1.807, 2.05) is 24.3 Å². The SMILES string of the molecule is CCCc1ccc(C(C)N(CC(N)=O)C(=O)Cc2c(C)nn(CC(F)(F)F)c2C)cc1. The summed E-state index contributed by atoms with van der Waals surface area (Å²) in [4.78, 5) is 26.1. The lowest BCUT2D eigenvalue weighted by Gasteiger charge is -2.29. The Labute approximate surface area is 180 Å². The minimum Gasteiger partial charge on any atom is -0.368 e. The number of hydrogen-bond acceptors (Lipinski definition) is 3. The van der Waals surface area contributed by atoms with Gasteiger partial charge in [-0.2, -0.15) is 18.3 Å². The molecule has 0 aliphatic heterocycles. The number of primary amides is 1. The summed E-state index contributed by atoms with van der Waals surface area (Å²) in [5.74, 6) is -1.06. The van der Waals surface area contributed by atoms with Crippen molar-refractivity contribution in [2.24, 2.45) is 5.73 Å². The summed E-state index contributed by atoms with van der Waals surface area (Å²) in [7, 11) is 0. The summed E-state index contributed by atoms with van der Waals surface area (Å²) >= 11 is 0. The number of nitrogens with two attached hydrogens (primary N) is 1. The Balaban J connectivity index is 2.26. The zero-order valence-corrected chi connectivity index (χ0v) is 18.3. The average molecular weight is 438 g/mol. The van der Waals surface area contributed by atoms with Crippen LogP contribution in [-0.4, -0.2) is 39.2 Å². The summed E-state index contributed by atoms with van der Waals surface area (Å²) in [6.45, 7) is 5.44. The van der Waals surface area contributed by atoms with E-state index in [0.29, 0.717) is 11.3 Å². The normalized spacial score (nSPS) is 12.6. The molecule has 0 spiro atoms. The predicted molar refractivity (Wildman–Crippen MR) is 111 cm³/mol. The Bertz CT molecular complexity index is 920. The molecule has 2 amide bonds. The number of alkyl halides is 3. The molecule has 2 aromatic rings. The molecule has 0 bridgehead atoms. The molecule has 2 N–H and O–H groups in total. The van der Waals surface area contributed by atoms with Crippen LogP contribution < -0.4 is 5.73 Å². The molecular weight excluding hydrogens is 409 g/mol. The number of aryl methyl sites for hydroxylation is 2. The van der Waals surface area contributed by atoms with Crippen molar-refractivity contribution in [1.29, 1.82) is 0 Å². The fourth-order valence-corrected chi connectivity index (χ4v) is 3.61. The second-order valence-corrected chi connectivity index (χ2v) is 7.75. The molecule has 6 nitrogen and oxygen atoms in total. The summed E-state index contributed by atoms with van der Waals surface area (Å²) in [6, 6.07) is 7.36. The van der Waals surface area contributed by atoms with Gasteiger partial charge in [-0.1, -0.05) is 37.6 Å². The molecular formula is C22H29F3N4O2. The predicted octanol–water partition coefficient (Wildman–Crippen LogP) is 3.63. The van der Waals surface area contributed by atoms with Gasteiger partial charge in [0.15, 0.2) is 0 Å². The number of aromatic nitrogens is 2. The van der Waals surface area contributed by atoms with Gasteiger partial charge in [0.1, 0.15) is 6.54 Å². The first kappa shape index (κ1) is 24.4. The maximum Gasteiger partial charge on any atom is 0.408 e. The van der Waals surface area contributed by atoms with E-state index in [9.17, 15) is 22.8 Å². The third-order valence-corrected chi connectivity index (χ3v) is 5.30. The molecule has 0 saturated carbocycles. The number of benzene rings is 1. The highest BCUT2D eigenvalue weighted by atomic mass is 19.4. The van der Waals surface area contributed by atoms with Crippen molar-refractivity contribution in [3.8, 4) is 0 Å². The van der Waals surface area contributed by atoms with Crippen LogP contribution >= 0.6 is 0 Å². The van der Waals surface area contributed by atoms with Crippen molar-refractivity contribution in [2.75, 3.05) is 6.54 Å². The molecule has 0 radical (unpaired) electrons. The van der Waals surface area contributed by atoms with E-state index in [1.165, 1.54) is 17.4 Å². The monoisotopic (exact) mass is 438 g/mol. The summed E-state index contributed by atoms with van der Waals surface area (Å²) in [5.41, 5.74) is 8.44. The summed E-state index contributed by atoms with van der Waals surface area (Å²) < 4.78 is 39.2. The van der Waals surface area contributed by atoms with E-state index in [0.717, 1.165) is 23.1 Å². The van der Waals surface area contributed by atoms with Crippen LogP contribution in [0.25, 0.3) is 0 Å². The van der Waals surface area contributed by atoms with Crippen molar-refractivity contribution in [1.82, 2.24) is 14.7 Å². The van der Waals surface area contributed by atoms with Gasteiger partial charge in [0.05, 0.1) is 24.7 Å². The number of carbonyl (C=O) groups excluding carboxylic acids is 2. The van der Waals surface area contributed by atoms with Gasteiger partial charge in [0.25, 0.3) is 0 Å². The molecule has 9 heteroatoms. The van der Waals surface area contributed by atoms with Gasteiger partial charge in [0.2, 0.25) is 11.8 Å². The zero-order chi connectivity index (χ0) is 23.3. The fourth-order valence-electron chi connectivity index (χ4n) is 3.61. The molecule has 0 aliphatic rings. The second kappa shape index (κ2) is 9.98.